The highest BCUT2D eigenvalue weighted by atomic mass is 16.5. The zero-order chi connectivity index (χ0) is 33.4. The monoisotopic (exact) mass is 648 g/mol. The van der Waals surface area contributed by atoms with Gasteiger partial charge < -0.3 is 20.1 Å². The van der Waals surface area contributed by atoms with Gasteiger partial charge in [0.15, 0.2) is 0 Å². The second kappa shape index (κ2) is 13.3. The summed E-state index contributed by atoms with van der Waals surface area (Å²) >= 11 is 0. The fourth-order valence-electron chi connectivity index (χ4n) is 8.43. The van der Waals surface area contributed by atoms with Gasteiger partial charge in [-0.1, -0.05) is 24.5 Å². The van der Waals surface area contributed by atoms with Gasteiger partial charge in [-0.25, -0.2) is 0 Å². The van der Waals surface area contributed by atoms with E-state index < -0.39 is 47.4 Å². The standard InChI is InChI=1S/C35H40N2O10/c38-21-9-12-26-19(16-21)15-20(18-47-26)29-22-10-11-23-30(34(45)36(32(23)43)13-5-1-3-7-27(39)40)24(22)17-25-31(29)35(46)37(33(25)44)14-6-2-4-8-28(41)42/h9-10,12,16,18,23-25,29-31,38H,1-8,11,13-15,17H2,(H,39,40)(H,41,42)/t23-,24+,25+,29-,30-,31+/m0/s1. The van der Waals surface area contributed by atoms with E-state index >= 15 is 0 Å². The van der Waals surface area contributed by atoms with E-state index in [1.807, 2.05) is 6.08 Å². The van der Waals surface area contributed by atoms with Crippen molar-refractivity contribution in [3.63, 3.8) is 0 Å². The number of likely N-dealkylation sites (tertiary alicyclic amines) is 2. The second-order valence-corrected chi connectivity index (χ2v) is 13.4. The van der Waals surface area contributed by atoms with Crippen LogP contribution >= 0.6 is 0 Å². The maximum absolute atomic E-state index is 14.1. The molecule has 0 radical (unpaired) electrons. The topological polar surface area (TPSA) is 179 Å². The molecule has 3 N–H and O–H groups in total. The maximum Gasteiger partial charge on any atom is 0.303 e. The number of nitrogens with zero attached hydrogens (tertiary/aromatic N) is 2. The fraction of sp³-hybridized carbons (Fsp3) is 0.543. The maximum atomic E-state index is 14.1. The van der Waals surface area contributed by atoms with Gasteiger partial charge in [0.05, 0.1) is 29.9 Å². The first-order valence-electron chi connectivity index (χ1n) is 16.6. The Morgan fingerprint density at radius 1 is 0.766 bits per heavy atom. The van der Waals surface area contributed by atoms with Crippen LogP contribution in [-0.2, 0) is 35.2 Å². The van der Waals surface area contributed by atoms with Crippen LogP contribution in [0.4, 0.5) is 0 Å². The van der Waals surface area contributed by atoms with Crippen molar-refractivity contribution < 1.29 is 48.8 Å². The Morgan fingerprint density at radius 2 is 1.38 bits per heavy atom. The molecule has 3 aliphatic heterocycles. The number of amides is 4. The first kappa shape index (κ1) is 32.5. The summed E-state index contributed by atoms with van der Waals surface area (Å²) in [7, 11) is 0. The molecule has 1 saturated carbocycles. The number of allylic oxidation sites excluding steroid dienone is 3. The van der Waals surface area contributed by atoms with Crippen molar-refractivity contribution in [3.8, 4) is 11.5 Å². The second-order valence-electron chi connectivity index (χ2n) is 13.4. The quantitative estimate of drug-likeness (QED) is 0.162. The van der Waals surface area contributed by atoms with Crippen molar-refractivity contribution in [3.05, 3.63) is 47.2 Å². The number of unbranched alkanes of at least 4 members (excludes halogenated alkanes) is 4. The van der Waals surface area contributed by atoms with E-state index in [0.717, 1.165) is 16.7 Å². The van der Waals surface area contributed by atoms with Crippen molar-refractivity contribution >= 4 is 35.6 Å². The molecule has 1 aromatic rings. The van der Waals surface area contributed by atoms with Crippen LogP contribution in [0.5, 0.6) is 11.5 Å². The molecule has 3 heterocycles. The normalized spacial score (nSPS) is 27.8. The van der Waals surface area contributed by atoms with Crippen molar-refractivity contribution in [2.45, 2.75) is 70.6 Å². The van der Waals surface area contributed by atoms with Gasteiger partial charge in [0.2, 0.25) is 23.6 Å². The Bertz CT molecular complexity index is 1560. The number of benzene rings is 1. The molecular formula is C35H40N2O10. The number of aromatic hydroxyl groups is 1. The first-order chi connectivity index (χ1) is 22.6. The zero-order valence-corrected chi connectivity index (χ0v) is 26.1. The lowest BCUT2D eigenvalue weighted by Crippen LogP contribution is -2.45. The van der Waals surface area contributed by atoms with Crippen LogP contribution in [0, 0.1) is 35.5 Å². The summed E-state index contributed by atoms with van der Waals surface area (Å²) in [6.07, 6.45) is 7.67. The molecule has 6 rings (SSSR count). The minimum atomic E-state index is -0.893. The van der Waals surface area contributed by atoms with E-state index in [1.165, 1.54) is 15.9 Å². The zero-order valence-electron chi connectivity index (χ0n) is 26.1. The molecule has 5 aliphatic rings. The predicted molar refractivity (Wildman–Crippen MR) is 164 cm³/mol. The van der Waals surface area contributed by atoms with Crippen molar-refractivity contribution in [2.75, 3.05) is 13.1 Å². The van der Waals surface area contributed by atoms with Crippen LogP contribution < -0.4 is 4.74 Å². The molecule has 47 heavy (non-hydrogen) atoms. The van der Waals surface area contributed by atoms with Gasteiger partial charge in [-0.05, 0) is 68.2 Å². The fourth-order valence-corrected chi connectivity index (χ4v) is 8.43. The van der Waals surface area contributed by atoms with Crippen LogP contribution in [0.15, 0.2) is 41.7 Å². The first-order valence-corrected chi connectivity index (χ1v) is 16.6. The van der Waals surface area contributed by atoms with Gasteiger partial charge in [-0.15, -0.1) is 0 Å². The lowest BCUT2D eigenvalue weighted by atomic mass is 9.56. The number of ether oxygens (including phenoxy) is 1. The van der Waals surface area contributed by atoms with Crippen molar-refractivity contribution in [2.24, 2.45) is 35.5 Å². The highest BCUT2D eigenvalue weighted by molar-refractivity contribution is 6.07. The molecule has 12 heteroatoms. The van der Waals surface area contributed by atoms with Gasteiger partial charge >= 0.3 is 11.9 Å². The van der Waals surface area contributed by atoms with Gasteiger partial charge in [-0.3, -0.25) is 38.6 Å². The van der Waals surface area contributed by atoms with Gasteiger partial charge in [-0.2, -0.15) is 0 Å². The van der Waals surface area contributed by atoms with Crippen LogP contribution in [0.3, 0.4) is 0 Å². The molecule has 2 aliphatic carbocycles. The summed E-state index contributed by atoms with van der Waals surface area (Å²) in [5.74, 6) is -5.78. The predicted octanol–water partition coefficient (Wildman–Crippen LogP) is 3.67. The number of rotatable bonds is 13. The van der Waals surface area contributed by atoms with Crippen molar-refractivity contribution in [1.29, 1.82) is 0 Å². The summed E-state index contributed by atoms with van der Waals surface area (Å²) in [5.41, 5.74) is 2.38. The summed E-state index contributed by atoms with van der Waals surface area (Å²) in [5, 5.41) is 28.0. The molecule has 250 valence electrons. The molecule has 0 bridgehead atoms. The molecule has 6 atom stereocenters. The smallest absolute Gasteiger partial charge is 0.303 e. The number of hydrogen-bond acceptors (Lipinski definition) is 8. The minimum absolute atomic E-state index is 0.0187. The summed E-state index contributed by atoms with van der Waals surface area (Å²) in [6.45, 7) is 0.403. The lowest BCUT2D eigenvalue weighted by Gasteiger charge is -2.45. The Kier molecular flexibility index (Phi) is 9.20. The Morgan fingerprint density at radius 3 is 2.02 bits per heavy atom. The Balaban J connectivity index is 1.27. The van der Waals surface area contributed by atoms with Gasteiger partial charge in [0.1, 0.15) is 11.5 Å². The third-order valence-corrected chi connectivity index (χ3v) is 10.6. The molecule has 0 unspecified atom stereocenters. The van der Waals surface area contributed by atoms with E-state index in [2.05, 4.69) is 0 Å². The molecule has 2 saturated heterocycles. The van der Waals surface area contributed by atoms with Crippen LogP contribution in [0.2, 0.25) is 0 Å². The van der Waals surface area contributed by atoms with E-state index in [0.29, 0.717) is 57.1 Å². The number of carboxylic acids is 2. The average molecular weight is 649 g/mol. The number of phenolic OH excluding ortho intramolecular Hbond substituents is 1. The summed E-state index contributed by atoms with van der Waals surface area (Å²) < 4.78 is 5.97. The number of carbonyl (C=O) groups is 6. The van der Waals surface area contributed by atoms with Gasteiger partial charge in [0.25, 0.3) is 0 Å². The van der Waals surface area contributed by atoms with Crippen molar-refractivity contribution in [1.82, 2.24) is 9.80 Å². The molecule has 4 amide bonds. The minimum Gasteiger partial charge on any atom is -0.508 e. The number of fused-ring (bicyclic) bond motifs is 5. The molecule has 0 spiro atoms. The van der Waals surface area contributed by atoms with E-state index in [1.54, 1.807) is 18.4 Å². The number of hydrogen-bond donors (Lipinski definition) is 3. The van der Waals surface area contributed by atoms with E-state index in [-0.39, 0.29) is 61.7 Å². The number of aliphatic carboxylic acids is 2. The average Bonchev–Trinajstić information content (AvgIpc) is 3.42. The summed E-state index contributed by atoms with van der Waals surface area (Å²) in [4.78, 5) is 79.8. The van der Waals surface area contributed by atoms with Crippen LogP contribution in [-0.4, -0.2) is 73.8 Å². The lowest BCUT2D eigenvalue weighted by molar-refractivity contribution is -0.142. The third kappa shape index (κ3) is 6.17. The van der Waals surface area contributed by atoms with E-state index in [4.69, 9.17) is 14.9 Å². The summed E-state index contributed by atoms with van der Waals surface area (Å²) in [6, 6.07) is 4.82. The molecular weight excluding hydrogens is 608 g/mol. The molecule has 0 aromatic heterocycles. The Labute approximate surface area is 272 Å². The van der Waals surface area contributed by atoms with Crippen LogP contribution in [0.1, 0.15) is 69.8 Å². The largest absolute Gasteiger partial charge is 0.508 e. The third-order valence-electron chi connectivity index (χ3n) is 10.6. The number of carboxylic acid groups (broad SMARTS) is 2. The van der Waals surface area contributed by atoms with Crippen LogP contribution in [0.25, 0.3) is 0 Å². The molecule has 3 fully saturated rings. The number of imide groups is 2. The molecule has 12 nitrogen and oxygen atoms in total. The Hall–Kier alpha value is -4.48. The highest BCUT2D eigenvalue weighted by Crippen LogP contribution is 2.57. The van der Waals surface area contributed by atoms with E-state index in [9.17, 15) is 33.9 Å². The number of carbonyl (C=O) groups excluding carboxylic acids is 4. The number of phenols is 1. The molecule has 1 aromatic carbocycles. The SMILES string of the molecule is O=C(O)CCCCCN1C(=O)[C@H]2[C@H](CC=C3[C@H](C4=COc5ccc(O)cc5C4)[C@@H]4C(=O)N(CCCCCC(=O)O)C(=O)[C@@H]4C[C@H]32)C1=O. The van der Waals surface area contributed by atoms with Gasteiger partial charge in [0, 0.05) is 43.8 Å². The highest BCUT2D eigenvalue weighted by Gasteiger charge is 2.62.